The van der Waals surface area contributed by atoms with Crippen LogP contribution in [0.25, 0.3) is 0 Å². The molecule has 0 aromatic carbocycles. The van der Waals surface area contributed by atoms with Crippen LogP contribution in [-0.2, 0) is 10.2 Å². The normalized spacial score (nSPS) is 26.3. The summed E-state index contributed by atoms with van der Waals surface area (Å²) >= 11 is 0. The van der Waals surface area contributed by atoms with E-state index in [2.05, 4.69) is 4.72 Å². The summed E-state index contributed by atoms with van der Waals surface area (Å²) in [6, 6.07) is -0.234. The fourth-order valence-electron chi connectivity index (χ4n) is 1.43. The van der Waals surface area contributed by atoms with E-state index in [1.807, 2.05) is 0 Å². The van der Waals surface area contributed by atoms with Gasteiger partial charge in [-0.25, -0.2) is 4.72 Å². The minimum atomic E-state index is -3.34. The Morgan fingerprint density at radius 2 is 2.33 bits per heavy atom. The van der Waals surface area contributed by atoms with E-state index in [1.54, 1.807) is 0 Å². The van der Waals surface area contributed by atoms with Gasteiger partial charge >= 0.3 is 0 Å². The molecule has 0 radical (unpaired) electrons. The predicted octanol–water partition coefficient (Wildman–Crippen LogP) is -1.09. The molecule has 1 fully saturated rings. The van der Waals surface area contributed by atoms with Crippen molar-refractivity contribution in [1.82, 2.24) is 9.03 Å². The molecule has 1 heterocycles. The van der Waals surface area contributed by atoms with E-state index in [4.69, 9.17) is 5.11 Å². The van der Waals surface area contributed by atoms with Gasteiger partial charge in [0.05, 0.1) is 6.61 Å². The second-order valence-electron chi connectivity index (χ2n) is 2.80. The van der Waals surface area contributed by atoms with Crippen molar-refractivity contribution in [2.45, 2.75) is 18.9 Å². The zero-order chi connectivity index (χ0) is 9.19. The molecule has 0 bridgehead atoms. The summed E-state index contributed by atoms with van der Waals surface area (Å²) in [5.41, 5.74) is 0. The zero-order valence-electron chi connectivity index (χ0n) is 7.02. The molecule has 12 heavy (non-hydrogen) atoms. The van der Waals surface area contributed by atoms with Gasteiger partial charge in [-0.2, -0.15) is 12.7 Å². The summed E-state index contributed by atoms with van der Waals surface area (Å²) in [5, 5.41) is 8.86. The molecule has 0 saturated carbocycles. The third-order valence-corrected chi connectivity index (χ3v) is 3.71. The first-order valence-corrected chi connectivity index (χ1v) is 5.37. The third kappa shape index (κ3) is 1.77. The van der Waals surface area contributed by atoms with Gasteiger partial charge in [0, 0.05) is 19.6 Å². The number of nitrogens with zero attached hydrogens (tertiary/aromatic N) is 1. The zero-order valence-corrected chi connectivity index (χ0v) is 7.84. The van der Waals surface area contributed by atoms with E-state index in [0.717, 1.165) is 12.8 Å². The van der Waals surface area contributed by atoms with Crippen LogP contribution in [0.3, 0.4) is 0 Å². The lowest BCUT2D eigenvalue weighted by Gasteiger charge is -2.21. The van der Waals surface area contributed by atoms with Crippen molar-refractivity contribution >= 4 is 10.2 Å². The Kier molecular flexibility index (Phi) is 3.05. The van der Waals surface area contributed by atoms with E-state index in [9.17, 15) is 8.42 Å². The Balaban J connectivity index is 2.74. The fraction of sp³-hybridized carbons (Fsp3) is 1.00. The molecule has 1 unspecified atom stereocenters. The molecule has 1 aliphatic heterocycles. The predicted molar refractivity (Wildman–Crippen MR) is 44.8 cm³/mol. The van der Waals surface area contributed by atoms with Crippen LogP contribution in [0.2, 0.25) is 0 Å². The first kappa shape index (κ1) is 9.91. The maximum atomic E-state index is 11.3. The maximum absolute atomic E-state index is 11.3. The summed E-state index contributed by atoms with van der Waals surface area (Å²) in [5.74, 6) is 0. The third-order valence-electron chi connectivity index (χ3n) is 2.10. The average Bonchev–Trinajstić information content (AvgIpc) is 2.52. The van der Waals surface area contributed by atoms with Gasteiger partial charge in [0.1, 0.15) is 0 Å². The molecule has 0 aromatic rings. The first-order valence-electron chi connectivity index (χ1n) is 3.93. The molecule has 1 atom stereocenters. The molecule has 1 saturated heterocycles. The van der Waals surface area contributed by atoms with Crippen molar-refractivity contribution in [2.24, 2.45) is 0 Å². The molecule has 1 aliphatic rings. The lowest BCUT2D eigenvalue weighted by atomic mass is 10.2. The smallest absolute Gasteiger partial charge is 0.279 e. The Morgan fingerprint density at radius 1 is 1.67 bits per heavy atom. The van der Waals surface area contributed by atoms with Crippen molar-refractivity contribution < 1.29 is 13.5 Å². The summed E-state index contributed by atoms with van der Waals surface area (Å²) in [7, 11) is -1.96. The van der Waals surface area contributed by atoms with Gasteiger partial charge in [-0.1, -0.05) is 0 Å². The van der Waals surface area contributed by atoms with Crippen molar-refractivity contribution in [3.8, 4) is 0 Å². The van der Waals surface area contributed by atoms with Crippen LogP contribution in [0.4, 0.5) is 0 Å². The molecule has 1 rings (SSSR count). The average molecular weight is 194 g/mol. The van der Waals surface area contributed by atoms with Crippen LogP contribution in [0.1, 0.15) is 12.8 Å². The number of nitrogens with one attached hydrogen (secondary N) is 1. The largest absolute Gasteiger partial charge is 0.395 e. The van der Waals surface area contributed by atoms with Crippen molar-refractivity contribution in [2.75, 3.05) is 20.2 Å². The molecule has 0 aliphatic carbocycles. The van der Waals surface area contributed by atoms with Gasteiger partial charge in [0.15, 0.2) is 0 Å². The number of rotatable bonds is 3. The van der Waals surface area contributed by atoms with Gasteiger partial charge < -0.3 is 5.11 Å². The van der Waals surface area contributed by atoms with E-state index in [-0.39, 0.29) is 12.6 Å². The Morgan fingerprint density at radius 3 is 2.83 bits per heavy atom. The Bertz CT molecular complexity index is 239. The van der Waals surface area contributed by atoms with Gasteiger partial charge in [-0.15, -0.1) is 0 Å². The second kappa shape index (κ2) is 3.69. The number of hydrogen-bond donors (Lipinski definition) is 2. The highest BCUT2D eigenvalue weighted by molar-refractivity contribution is 7.87. The highest BCUT2D eigenvalue weighted by Crippen LogP contribution is 2.18. The lowest BCUT2D eigenvalue weighted by Crippen LogP contribution is -2.43. The molecular formula is C6H14N2O3S. The van der Waals surface area contributed by atoms with Crippen LogP contribution in [0.15, 0.2) is 0 Å². The monoisotopic (exact) mass is 194 g/mol. The van der Waals surface area contributed by atoms with Gasteiger partial charge in [0.25, 0.3) is 10.2 Å². The van der Waals surface area contributed by atoms with Gasteiger partial charge in [-0.3, -0.25) is 0 Å². The second-order valence-corrected chi connectivity index (χ2v) is 4.63. The minimum Gasteiger partial charge on any atom is -0.395 e. The van der Waals surface area contributed by atoms with Crippen LogP contribution >= 0.6 is 0 Å². The SMILES string of the molecule is CNS(=O)(=O)N1CCCC1CO. The Labute approximate surface area is 72.6 Å². The van der Waals surface area contributed by atoms with Gasteiger partial charge in [0.2, 0.25) is 0 Å². The van der Waals surface area contributed by atoms with E-state index >= 15 is 0 Å². The van der Waals surface area contributed by atoms with Crippen LogP contribution in [0, 0.1) is 0 Å². The molecule has 0 spiro atoms. The number of aliphatic hydroxyl groups excluding tert-OH is 1. The van der Waals surface area contributed by atoms with Crippen LogP contribution in [0.5, 0.6) is 0 Å². The maximum Gasteiger partial charge on any atom is 0.279 e. The number of hydrogen-bond acceptors (Lipinski definition) is 3. The first-order chi connectivity index (χ1) is 5.61. The molecular weight excluding hydrogens is 180 g/mol. The molecule has 6 heteroatoms. The quantitative estimate of drug-likeness (QED) is 0.599. The molecule has 0 aromatic heterocycles. The fourth-order valence-corrected chi connectivity index (χ4v) is 2.59. The number of aliphatic hydroxyl groups is 1. The topological polar surface area (TPSA) is 69.6 Å². The van der Waals surface area contributed by atoms with Gasteiger partial charge in [-0.05, 0) is 12.8 Å². The molecule has 5 nitrogen and oxygen atoms in total. The highest BCUT2D eigenvalue weighted by atomic mass is 32.2. The molecule has 2 N–H and O–H groups in total. The lowest BCUT2D eigenvalue weighted by molar-refractivity contribution is 0.212. The highest BCUT2D eigenvalue weighted by Gasteiger charge is 2.32. The van der Waals surface area contributed by atoms with E-state index < -0.39 is 10.2 Å². The van der Waals surface area contributed by atoms with E-state index in [0.29, 0.717) is 6.54 Å². The van der Waals surface area contributed by atoms with Crippen LogP contribution < -0.4 is 4.72 Å². The summed E-state index contributed by atoms with van der Waals surface area (Å²) in [6.07, 6.45) is 1.57. The van der Waals surface area contributed by atoms with Crippen molar-refractivity contribution in [1.29, 1.82) is 0 Å². The summed E-state index contributed by atoms with van der Waals surface area (Å²) in [6.45, 7) is 0.412. The summed E-state index contributed by atoms with van der Waals surface area (Å²) < 4.78 is 26.1. The van der Waals surface area contributed by atoms with Crippen LogP contribution in [-0.4, -0.2) is 44.1 Å². The minimum absolute atomic E-state index is 0.0963. The Hall–Kier alpha value is -0.170. The van der Waals surface area contributed by atoms with Crippen molar-refractivity contribution in [3.05, 3.63) is 0 Å². The molecule has 0 amide bonds. The van der Waals surface area contributed by atoms with E-state index in [1.165, 1.54) is 11.4 Å². The standard InChI is InChI=1S/C6H14N2O3S/c1-7-12(10,11)8-4-2-3-6(8)5-9/h6-7,9H,2-5H2,1H3. The van der Waals surface area contributed by atoms with Crippen molar-refractivity contribution in [3.63, 3.8) is 0 Å². The molecule has 72 valence electrons. The summed E-state index contributed by atoms with van der Waals surface area (Å²) in [4.78, 5) is 0.